The van der Waals surface area contributed by atoms with Crippen LogP contribution in [0.15, 0.2) is 48.5 Å². The lowest BCUT2D eigenvalue weighted by Gasteiger charge is -2.41. The van der Waals surface area contributed by atoms with Gasteiger partial charge in [0.25, 0.3) is 0 Å². The molecule has 0 aliphatic carbocycles. The first-order valence-electron chi connectivity index (χ1n) is 8.61. The third-order valence-corrected chi connectivity index (χ3v) is 5.20. The van der Waals surface area contributed by atoms with Gasteiger partial charge in [-0.15, -0.1) is 0 Å². The van der Waals surface area contributed by atoms with Crippen LogP contribution in [0.1, 0.15) is 0 Å². The van der Waals surface area contributed by atoms with E-state index in [1.165, 1.54) is 11.4 Å². The number of halogens is 1. The third kappa shape index (κ3) is 3.17. The van der Waals surface area contributed by atoms with Crippen LogP contribution >= 0.6 is 11.6 Å². The summed E-state index contributed by atoms with van der Waals surface area (Å²) in [6.07, 6.45) is 0. The van der Waals surface area contributed by atoms with Crippen molar-refractivity contribution in [3.8, 4) is 0 Å². The summed E-state index contributed by atoms with van der Waals surface area (Å²) in [4.78, 5) is 7.41. The highest BCUT2D eigenvalue weighted by Gasteiger charge is 2.22. The highest BCUT2D eigenvalue weighted by atomic mass is 35.5. The molecule has 1 fully saturated rings. The molecule has 1 saturated heterocycles. The second kappa shape index (κ2) is 6.91. The summed E-state index contributed by atoms with van der Waals surface area (Å²) in [6.45, 7) is 7.25. The molecule has 0 spiro atoms. The predicted molar refractivity (Wildman–Crippen MR) is 102 cm³/mol. The highest BCUT2D eigenvalue weighted by Crippen LogP contribution is 2.29. The van der Waals surface area contributed by atoms with Crippen molar-refractivity contribution in [3.63, 3.8) is 0 Å². The van der Waals surface area contributed by atoms with Crippen molar-refractivity contribution >= 4 is 28.7 Å². The van der Waals surface area contributed by atoms with Gasteiger partial charge in [0.1, 0.15) is 0 Å². The van der Waals surface area contributed by atoms with E-state index in [2.05, 4.69) is 56.4 Å². The fourth-order valence-electron chi connectivity index (χ4n) is 3.57. The Morgan fingerprint density at radius 2 is 1.54 bits per heavy atom. The Hall–Kier alpha value is -1.91. The standard InChI is InChI=1S/C19H23ClN4/c20-16-5-1-3-7-18(16)23-13-11-22(12-14-23)15-24-10-9-21-17-6-2-4-8-19(17)24/h1-8,21H,9-15H2. The van der Waals surface area contributed by atoms with E-state index >= 15 is 0 Å². The molecule has 4 nitrogen and oxygen atoms in total. The molecule has 5 heteroatoms. The SMILES string of the molecule is Clc1ccccc1N1CCN(CN2CCNc3ccccc32)CC1. The van der Waals surface area contributed by atoms with E-state index in [1.54, 1.807) is 0 Å². The Labute approximate surface area is 148 Å². The molecule has 2 aromatic carbocycles. The van der Waals surface area contributed by atoms with Crippen LogP contribution in [0.25, 0.3) is 0 Å². The van der Waals surface area contributed by atoms with Gasteiger partial charge in [0, 0.05) is 39.3 Å². The summed E-state index contributed by atoms with van der Waals surface area (Å²) < 4.78 is 0. The first kappa shape index (κ1) is 15.6. The van der Waals surface area contributed by atoms with Crippen molar-refractivity contribution in [2.45, 2.75) is 0 Å². The van der Waals surface area contributed by atoms with Gasteiger partial charge in [-0.25, -0.2) is 0 Å². The zero-order valence-electron chi connectivity index (χ0n) is 13.8. The molecule has 2 aliphatic rings. The molecule has 2 aromatic rings. The molecule has 0 unspecified atom stereocenters. The summed E-state index contributed by atoms with van der Waals surface area (Å²) in [7, 11) is 0. The molecule has 0 saturated carbocycles. The molecule has 1 N–H and O–H groups in total. The van der Waals surface area contributed by atoms with Crippen LogP contribution in [0.3, 0.4) is 0 Å². The van der Waals surface area contributed by atoms with Gasteiger partial charge >= 0.3 is 0 Å². The lowest BCUT2D eigenvalue weighted by molar-refractivity contribution is 0.257. The fourth-order valence-corrected chi connectivity index (χ4v) is 3.83. The molecule has 4 rings (SSSR count). The molecule has 0 radical (unpaired) electrons. The van der Waals surface area contributed by atoms with Crippen molar-refractivity contribution in [2.75, 3.05) is 61.1 Å². The first-order chi connectivity index (χ1) is 11.8. The van der Waals surface area contributed by atoms with Crippen LogP contribution in [0, 0.1) is 0 Å². The predicted octanol–water partition coefficient (Wildman–Crippen LogP) is 3.35. The molecule has 0 aromatic heterocycles. The molecular weight excluding hydrogens is 320 g/mol. The molecule has 0 amide bonds. The van der Waals surface area contributed by atoms with Crippen molar-refractivity contribution < 1.29 is 0 Å². The Kier molecular flexibility index (Phi) is 4.50. The number of para-hydroxylation sites is 3. The van der Waals surface area contributed by atoms with Gasteiger partial charge in [0.2, 0.25) is 0 Å². The Morgan fingerprint density at radius 3 is 2.33 bits per heavy atom. The van der Waals surface area contributed by atoms with Gasteiger partial charge < -0.3 is 15.1 Å². The maximum atomic E-state index is 6.34. The third-order valence-electron chi connectivity index (χ3n) is 4.88. The molecule has 2 aliphatic heterocycles. The monoisotopic (exact) mass is 342 g/mol. The van der Waals surface area contributed by atoms with E-state index < -0.39 is 0 Å². The number of fused-ring (bicyclic) bond motifs is 1. The molecule has 2 heterocycles. The number of benzene rings is 2. The number of nitrogens with one attached hydrogen (secondary N) is 1. The van der Waals surface area contributed by atoms with Gasteiger partial charge in [0.05, 0.1) is 28.8 Å². The topological polar surface area (TPSA) is 21.8 Å². The summed E-state index contributed by atoms with van der Waals surface area (Å²) in [5, 5.41) is 4.33. The fraction of sp³-hybridized carbons (Fsp3) is 0.368. The number of nitrogens with zero attached hydrogens (tertiary/aromatic N) is 3. The second-order valence-electron chi connectivity index (χ2n) is 6.41. The lowest BCUT2D eigenvalue weighted by Crippen LogP contribution is -2.51. The number of hydrogen-bond donors (Lipinski definition) is 1. The van der Waals surface area contributed by atoms with Gasteiger partial charge in [-0.1, -0.05) is 35.9 Å². The van der Waals surface area contributed by atoms with Crippen LogP contribution in [0.4, 0.5) is 17.1 Å². The van der Waals surface area contributed by atoms with Crippen molar-refractivity contribution in [1.29, 1.82) is 0 Å². The van der Waals surface area contributed by atoms with Crippen molar-refractivity contribution in [2.24, 2.45) is 0 Å². The maximum absolute atomic E-state index is 6.34. The summed E-state index contributed by atoms with van der Waals surface area (Å²) in [5.41, 5.74) is 3.72. The lowest BCUT2D eigenvalue weighted by atomic mass is 10.2. The van der Waals surface area contributed by atoms with Crippen LogP contribution in [-0.2, 0) is 0 Å². The molecule has 0 bridgehead atoms. The maximum Gasteiger partial charge on any atom is 0.0709 e. The number of anilines is 3. The van der Waals surface area contributed by atoms with Gasteiger partial charge in [-0.3, -0.25) is 4.90 Å². The molecular formula is C19H23ClN4. The average Bonchev–Trinajstić information content (AvgIpc) is 2.63. The van der Waals surface area contributed by atoms with Crippen LogP contribution < -0.4 is 15.1 Å². The Bertz CT molecular complexity index is 697. The second-order valence-corrected chi connectivity index (χ2v) is 6.81. The first-order valence-corrected chi connectivity index (χ1v) is 8.99. The largest absolute Gasteiger partial charge is 0.382 e. The van der Waals surface area contributed by atoms with Crippen molar-refractivity contribution in [1.82, 2.24) is 4.90 Å². The molecule has 0 atom stereocenters. The van der Waals surface area contributed by atoms with E-state index in [9.17, 15) is 0 Å². The zero-order chi connectivity index (χ0) is 16.4. The van der Waals surface area contributed by atoms with Gasteiger partial charge in [-0.2, -0.15) is 0 Å². The Balaban J connectivity index is 1.38. The summed E-state index contributed by atoms with van der Waals surface area (Å²) in [6, 6.07) is 16.7. The number of piperazine rings is 1. The van der Waals surface area contributed by atoms with Crippen LogP contribution in [-0.4, -0.2) is 50.8 Å². The van der Waals surface area contributed by atoms with Crippen molar-refractivity contribution in [3.05, 3.63) is 53.6 Å². The highest BCUT2D eigenvalue weighted by molar-refractivity contribution is 6.33. The van der Waals surface area contributed by atoms with Gasteiger partial charge in [0.15, 0.2) is 0 Å². The average molecular weight is 343 g/mol. The van der Waals surface area contributed by atoms with Gasteiger partial charge in [-0.05, 0) is 24.3 Å². The number of rotatable bonds is 3. The number of hydrogen-bond acceptors (Lipinski definition) is 4. The van der Waals surface area contributed by atoms with E-state index in [0.29, 0.717) is 0 Å². The minimum absolute atomic E-state index is 0.849. The van der Waals surface area contributed by atoms with E-state index in [4.69, 9.17) is 11.6 Å². The minimum atomic E-state index is 0.849. The Morgan fingerprint density at radius 1 is 0.833 bits per heavy atom. The van der Waals surface area contributed by atoms with Crippen LogP contribution in [0.2, 0.25) is 5.02 Å². The van der Waals surface area contributed by atoms with Crippen LogP contribution in [0.5, 0.6) is 0 Å². The smallest absolute Gasteiger partial charge is 0.0709 e. The normalized spacial score (nSPS) is 18.2. The molecule has 126 valence electrons. The minimum Gasteiger partial charge on any atom is -0.382 e. The molecule has 24 heavy (non-hydrogen) atoms. The summed E-state index contributed by atoms with van der Waals surface area (Å²) >= 11 is 6.34. The summed E-state index contributed by atoms with van der Waals surface area (Å²) in [5.74, 6) is 0. The van der Waals surface area contributed by atoms with E-state index in [1.807, 2.05) is 12.1 Å². The van der Waals surface area contributed by atoms with E-state index in [0.717, 1.165) is 56.6 Å². The quantitative estimate of drug-likeness (QED) is 0.923. The van der Waals surface area contributed by atoms with E-state index in [-0.39, 0.29) is 0 Å². The zero-order valence-corrected chi connectivity index (χ0v) is 14.5.